The lowest BCUT2D eigenvalue weighted by Crippen LogP contribution is -2.36. The number of amides is 1. The van der Waals surface area contributed by atoms with Crippen molar-refractivity contribution in [3.05, 3.63) is 34.2 Å². The number of fused-ring (bicyclic) bond motifs is 1. The van der Waals surface area contributed by atoms with Gasteiger partial charge in [0.15, 0.2) is 0 Å². The summed E-state index contributed by atoms with van der Waals surface area (Å²) in [5.41, 5.74) is 2.04. The van der Waals surface area contributed by atoms with Crippen molar-refractivity contribution in [2.75, 3.05) is 0 Å². The second kappa shape index (κ2) is 5.99. The van der Waals surface area contributed by atoms with Gasteiger partial charge in [0.05, 0.1) is 11.0 Å². The first-order valence-corrected chi connectivity index (χ1v) is 8.11. The molecule has 0 saturated heterocycles. The SMILES string of the molecule is CC(C)n1c(=O)[nH]c2cc(C(=O)NC3CCCCC3)ccc21. The smallest absolute Gasteiger partial charge is 0.326 e. The molecular formula is C17H23N3O2. The first-order valence-electron chi connectivity index (χ1n) is 8.11. The minimum absolute atomic E-state index is 0.0491. The summed E-state index contributed by atoms with van der Waals surface area (Å²) in [6.07, 6.45) is 5.77. The highest BCUT2D eigenvalue weighted by atomic mass is 16.2. The normalized spacial score (nSPS) is 16.3. The third-order valence-electron chi connectivity index (χ3n) is 4.44. The third kappa shape index (κ3) is 2.80. The Hall–Kier alpha value is -2.04. The third-order valence-corrected chi connectivity index (χ3v) is 4.44. The Morgan fingerprint density at radius 1 is 1.27 bits per heavy atom. The molecule has 0 atom stereocenters. The fourth-order valence-corrected chi connectivity index (χ4v) is 3.30. The lowest BCUT2D eigenvalue weighted by molar-refractivity contribution is 0.0928. The quantitative estimate of drug-likeness (QED) is 0.915. The van der Waals surface area contributed by atoms with Gasteiger partial charge in [-0.15, -0.1) is 0 Å². The number of hydrogen-bond acceptors (Lipinski definition) is 2. The summed E-state index contributed by atoms with van der Waals surface area (Å²) >= 11 is 0. The van der Waals surface area contributed by atoms with E-state index in [2.05, 4.69) is 10.3 Å². The molecule has 0 bridgehead atoms. The van der Waals surface area contributed by atoms with Gasteiger partial charge in [-0.05, 0) is 44.9 Å². The van der Waals surface area contributed by atoms with Crippen LogP contribution in [0.1, 0.15) is 62.4 Å². The molecule has 5 nitrogen and oxygen atoms in total. The molecule has 0 unspecified atom stereocenters. The number of carbonyl (C=O) groups is 1. The van der Waals surface area contributed by atoms with Crippen LogP contribution in [0.2, 0.25) is 0 Å². The minimum atomic E-state index is -0.130. The number of nitrogens with zero attached hydrogens (tertiary/aromatic N) is 1. The van der Waals surface area contributed by atoms with Crippen molar-refractivity contribution in [1.82, 2.24) is 14.9 Å². The van der Waals surface area contributed by atoms with Gasteiger partial charge < -0.3 is 10.3 Å². The number of aromatic amines is 1. The van der Waals surface area contributed by atoms with Crippen LogP contribution in [0.25, 0.3) is 11.0 Å². The molecule has 1 heterocycles. The highest BCUT2D eigenvalue weighted by Gasteiger charge is 2.18. The predicted molar refractivity (Wildman–Crippen MR) is 87.3 cm³/mol. The molecular weight excluding hydrogens is 278 g/mol. The van der Waals surface area contributed by atoms with Gasteiger partial charge in [-0.2, -0.15) is 0 Å². The van der Waals surface area contributed by atoms with Gasteiger partial charge in [0, 0.05) is 17.6 Å². The molecule has 2 N–H and O–H groups in total. The van der Waals surface area contributed by atoms with Crippen LogP contribution in [0.15, 0.2) is 23.0 Å². The van der Waals surface area contributed by atoms with Crippen LogP contribution in [-0.2, 0) is 0 Å². The maximum absolute atomic E-state index is 12.4. The summed E-state index contributed by atoms with van der Waals surface area (Å²) in [6, 6.07) is 5.79. The fourth-order valence-electron chi connectivity index (χ4n) is 3.30. The molecule has 0 aliphatic heterocycles. The minimum Gasteiger partial charge on any atom is -0.349 e. The number of aromatic nitrogens is 2. The summed E-state index contributed by atoms with van der Waals surface area (Å²) < 4.78 is 1.71. The van der Waals surface area contributed by atoms with E-state index in [1.807, 2.05) is 19.9 Å². The molecule has 0 spiro atoms. The van der Waals surface area contributed by atoms with E-state index in [0.29, 0.717) is 5.56 Å². The van der Waals surface area contributed by atoms with Gasteiger partial charge in [0.25, 0.3) is 5.91 Å². The van der Waals surface area contributed by atoms with E-state index in [1.165, 1.54) is 19.3 Å². The molecule has 1 saturated carbocycles. The molecule has 3 rings (SSSR count). The van der Waals surface area contributed by atoms with E-state index in [1.54, 1.807) is 16.7 Å². The molecule has 1 amide bonds. The van der Waals surface area contributed by atoms with Crippen LogP contribution in [0, 0.1) is 0 Å². The second-order valence-electron chi connectivity index (χ2n) is 6.43. The molecule has 118 valence electrons. The number of hydrogen-bond donors (Lipinski definition) is 2. The second-order valence-corrected chi connectivity index (χ2v) is 6.43. The van der Waals surface area contributed by atoms with Crippen LogP contribution in [0.5, 0.6) is 0 Å². The van der Waals surface area contributed by atoms with Crippen molar-refractivity contribution < 1.29 is 4.79 Å². The number of rotatable bonds is 3. The topological polar surface area (TPSA) is 66.9 Å². The predicted octanol–water partition coefficient (Wildman–Crippen LogP) is 2.97. The molecule has 22 heavy (non-hydrogen) atoms. The van der Waals surface area contributed by atoms with E-state index < -0.39 is 0 Å². The number of imidazole rings is 1. The van der Waals surface area contributed by atoms with Crippen LogP contribution in [0.4, 0.5) is 0 Å². The zero-order valence-electron chi connectivity index (χ0n) is 13.2. The first-order chi connectivity index (χ1) is 10.6. The van der Waals surface area contributed by atoms with E-state index in [-0.39, 0.29) is 23.7 Å². The van der Waals surface area contributed by atoms with Gasteiger partial charge in [-0.3, -0.25) is 9.36 Å². The highest BCUT2D eigenvalue weighted by Crippen LogP contribution is 2.19. The van der Waals surface area contributed by atoms with E-state index in [9.17, 15) is 9.59 Å². The average molecular weight is 301 g/mol. The Morgan fingerprint density at radius 2 is 2.00 bits per heavy atom. The van der Waals surface area contributed by atoms with Crippen molar-refractivity contribution in [2.24, 2.45) is 0 Å². The van der Waals surface area contributed by atoms with Crippen LogP contribution >= 0.6 is 0 Å². The molecule has 1 aliphatic rings. The molecule has 5 heteroatoms. The fraction of sp³-hybridized carbons (Fsp3) is 0.529. The summed E-state index contributed by atoms with van der Waals surface area (Å²) in [4.78, 5) is 27.2. The van der Waals surface area contributed by atoms with Gasteiger partial charge in [0.2, 0.25) is 0 Å². The van der Waals surface area contributed by atoms with Gasteiger partial charge >= 0.3 is 5.69 Å². The van der Waals surface area contributed by atoms with Crippen molar-refractivity contribution >= 4 is 16.9 Å². The van der Waals surface area contributed by atoms with E-state index in [4.69, 9.17) is 0 Å². The molecule has 0 radical (unpaired) electrons. The maximum Gasteiger partial charge on any atom is 0.326 e. The Balaban J connectivity index is 1.85. The van der Waals surface area contributed by atoms with E-state index >= 15 is 0 Å². The van der Waals surface area contributed by atoms with Crippen molar-refractivity contribution in [1.29, 1.82) is 0 Å². The van der Waals surface area contributed by atoms with Gasteiger partial charge in [-0.1, -0.05) is 19.3 Å². The highest BCUT2D eigenvalue weighted by molar-refractivity contribution is 5.97. The molecule has 1 fully saturated rings. The first kappa shape index (κ1) is 14.9. The molecule has 1 aromatic carbocycles. The number of nitrogens with one attached hydrogen (secondary N) is 2. The largest absolute Gasteiger partial charge is 0.349 e. The Bertz CT molecular complexity index is 736. The molecule has 1 aliphatic carbocycles. The summed E-state index contributed by atoms with van der Waals surface area (Å²) in [6.45, 7) is 3.94. The maximum atomic E-state index is 12.4. The number of H-pyrrole nitrogens is 1. The number of carbonyl (C=O) groups excluding carboxylic acids is 1. The average Bonchev–Trinajstić information content (AvgIpc) is 2.83. The Morgan fingerprint density at radius 3 is 2.68 bits per heavy atom. The Kier molecular flexibility index (Phi) is 4.05. The molecule has 2 aromatic rings. The number of benzene rings is 1. The standard InChI is InChI=1S/C17H23N3O2/c1-11(2)20-15-9-8-12(10-14(15)19-17(20)22)16(21)18-13-6-4-3-5-7-13/h8-11,13H,3-7H2,1-2H3,(H,18,21)(H,19,22). The van der Waals surface area contributed by atoms with Crippen LogP contribution in [-0.4, -0.2) is 21.5 Å². The van der Waals surface area contributed by atoms with E-state index in [0.717, 1.165) is 23.9 Å². The molecule has 1 aromatic heterocycles. The summed E-state index contributed by atoms with van der Waals surface area (Å²) in [5, 5.41) is 3.11. The van der Waals surface area contributed by atoms with Crippen molar-refractivity contribution in [3.63, 3.8) is 0 Å². The van der Waals surface area contributed by atoms with Crippen molar-refractivity contribution in [3.8, 4) is 0 Å². The summed E-state index contributed by atoms with van der Waals surface area (Å²) in [5.74, 6) is -0.0491. The van der Waals surface area contributed by atoms with Crippen LogP contribution in [0.3, 0.4) is 0 Å². The van der Waals surface area contributed by atoms with Crippen molar-refractivity contribution in [2.45, 2.75) is 58.0 Å². The lowest BCUT2D eigenvalue weighted by Gasteiger charge is -2.22. The Labute approximate surface area is 129 Å². The van der Waals surface area contributed by atoms with Crippen LogP contribution < -0.4 is 11.0 Å². The monoisotopic (exact) mass is 301 g/mol. The zero-order chi connectivity index (χ0) is 15.7. The lowest BCUT2D eigenvalue weighted by atomic mass is 9.95. The van der Waals surface area contributed by atoms with Gasteiger partial charge in [-0.25, -0.2) is 4.79 Å². The zero-order valence-corrected chi connectivity index (χ0v) is 13.2. The summed E-state index contributed by atoms with van der Waals surface area (Å²) in [7, 11) is 0. The van der Waals surface area contributed by atoms with Gasteiger partial charge in [0.1, 0.15) is 0 Å².